The largest absolute Gasteiger partial charge is 0.380 e. The summed E-state index contributed by atoms with van der Waals surface area (Å²) in [5, 5.41) is 27.3. The predicted molar refractivity (Wildman–Crippen MR) is 108 cm³/mol. The minimum absolute atomic E-state index is 0.173. The molecule has 0 unspecified atom stereocenters. The molecule has 2 amide bonds. The molecule has 160 valence electrons. The number of aromatic nitrogens is 4. The average Bonchev–Trinajstić information content (AvgIpc) is 3.47. The summed E-state index contributed by atoms with van der Waals surface area (Å²) in [6.45, 7) is 2.09. The highest BCUT2D eigenvalue weighted by Crippen LogP contribution is 2.20. The Hall–Kier alpha value is -3.63. The number of rotatable bonds is 6. The van der Waals surface area contributed by atoms with Gasteiger partial charge in [-0.2, -0.15) is 5.10 Å². The van der Waals surface area contributed by atoms with Crippen molar-refractivity contribution in [3.05, 3.63) is 72.1 Å². The SMILES string of the molecule is C[C@@H](NC(=O)[C@H](O)[C@@H](O)C(=O)N1Cc2nccnc2C1)c1ccc(-n2cccn2)cc1. The molecule has 3 atom stereocenters. The molecular weight excluding hydrogens is 400 g/mol. The molecule has 4 rings (SSSR count). The van der Waals surface area contributed by atoms with E-state index in [1.807, 2.05) is 36.5 Å². The molecule has 1 aromatic carbocycles. The Labute approximate surface area is 178 Å². The monoisotopic (exact) mass is 422 g/mol. The van der Waals surface area contributed by atoms with E-state index >= 15 is 0 Å². The summed E-state index contributed by atoms with van der Waals surface area (Å²) >= 11 is 0. The van der Waals surface area contributed by atoms with Crippen molar-refractivity contribution in [3.63, 3.8) is 0 Å². The Morgan fingerprint density at radius 2 is 1.65 bits per heavy atom. The van der Waals surface area contributed by atoms with Crippen LogP contribution < -0.4 is 5.32 Å². The second-order valence-electron chi connectivity index (χ2n) is 7.31. The van der Waals surface area contributed by atoms with E-state index in [0.717, 1.165) is 11.3 Å². The van der Waals surface area contributed by atoms with Crippen LogP contribution in [0, 0.1) is 0 Å². The van der Waals surface area contributed by atoms with Crippen LogP contribution in [0.15, 0.2) is 55.1 Å². The lowest BCUT2D eigenvalue weighted by Crippen LogP contribution is -2.50. The molecule has 0 saturated heterocycles. The normalized spacial score (nSPS) is 15.8. The first-order chi connectivity index (χ1) is 14.9. The van der Waals surface area contributed by atoms with E-state index in [4.69, 9.17) is 0 Å². The van der Waals surface area contributed by atoms with Crippen LogP contribution in [0.25, 0.3) is 5.69 Å². The molecule has 1 aliphatic rings. The van der Waals surface area contributed by atoms with Crippen molar-refractivity contribution < 1.29 is 19.8 Å². The van der Waals surface area contributed by atoms with E-state index in [2.05, 4.69) is 20.4 Å². The van der Waals surface area contributed by atoms with Gasteiger partial charge < -0.3 is 20.4 Å². The number of fused-ring (bicyclic) bond motifs is 1. The molecule has 0 radical (unpaired) electrons. The van der Waals surface area contributed by atoms with E-state index in [1.165, 1.54) is 17.3 Å². The molecule has 3 heterocycles. The molecule has 0 bridgehead atoms. The number of nitrogens with zero attached hydrogens (tertiary/aromatic N) is 5. The Kier molecular flexibility index (Phi) is 5.74. The molecule has 31 heavy (non-hydrogen) atoms. The van der Waals surface area contributed by atoms with Gasteiger partial charge in [-0.15, -0.1) is 0 Å². The molecule has 0 spiro atoms. The molecule has 2 aromatic heterocycles. The number of aliphatic hydroxyl groups is 2. The lowest BCUT2D eigenvalue weighted by Gasteiger charge is -2.23. The smallest absolute Gasteiger partial charge is 0.255 e. The fourth-order valence-corrected chi connectivity index (χ4v) is 3.42. The average molecular weight is 422 g/mol. The number of amides is 2. The summed E-state index contributed by atoms with van der Waals surface area (Å²) in [6, 6.07) is 8.74. The van der Waals surface area contributed by atoms with Crippen LogP contribution in [0.3, 0.4) is 0 Å². The van der Waals surface area contributed by atoms with Crippen molar-refractivity contribution in [2.24, 2.45) is 0 Å². The third-order valence-electron chi connectivity index (χ3n) is 5.19. The fraction of sp³-hybridized carbons (Fsp3) is 0.286. The van der Waals surface area contributed by atoms with Gasteiger partial charge in [-0.1, -0.05) is 12.1 Å². The van der Waals surface area contributed by atoms with Crippen LogP contribution in [0.1, 0.15) is 29.9 Å². The third kappa shape index (κ3) is 4.30. The van der Waals surface area contributed by atoms with Gasteiger partial charge in [0.15, 0.2) is 12.2 Å². The molecule has 10 heteroatoms. The van der Waals surface area contributed by atoms with E-state index in [9.17, 15) is 19.8 Å². The first-order valence-electron chi connectivity index (χ1n) is 9.78. The topological polar surface area (TPSA) is 133 Å². The van der Waals surface area contributed by atoms with Crippen LogP contribution in [0.5, 0.6) is 0 Å². The summed E-state index contributed by atoms with van der Waals surface area (Å²) in [6.07, 6.45) is 2.76. The Morgan fingerprint density at radius 1 is 1.00 bits per heavy atom. The first kappa shape index (κ1) is 20.6. The lowest BCUT2D eigenvalue weighted by atomic mass is 10.1. The Bertz CT molecular complexity index is 1040. The molecular formula is C21H22N6O4. The summed E-state index contributed by atoms with van der Waals surface area (Å²) in [4.78, 5) is 34.6. The molecule has 3 aromatic rings. The van der Waals surface area contributed by atoms with Crippen molar-refractivity contribution >= 4 is 11.8 Å². The lowest BCUT2D eigenvalue weighted by molar-refractivity contribution is -0.153. The van der Waals surface area contributed by atoms with Gasteiger partial charge in [0.2, 0.25) is 0 Å². The van der Waals surface area contributed by atoms with Gasteiger partial charge in [0.05, 0.1) is 36.2 Å². The van der Waals surface area contributed by atoms with Gasteiger partial charge >= 0.3 is 0 Å². The van der Waals surface area contributed by atoms with Crippen LogP contribution in [0.2, 0.25) is 0 Å². The van der Waals surface area contributed by atoms with E-state index < -0.39 is 30.1 Å². The first-order valence-corrected chi connectivity index (χ1v) is 9.78. The predicted octanol–water partition coefficient (Wildman–Crippen LogP) is 0.104. The highest BCUT2D eigenvalue weighted by molar-refractivity contribution is 5.91. The molecule has 10 nitrogen and oxygen atoms in total. The van der Waals surface area contributed by atoms with Gasteiger partial charge in [-0.25, -0.2) is 4.68 Å². The molecule has 0 fully saturated rings. The zero-order chi connectivity index (χ0) is 22.0. The molecule has 3 N–H and O–H groups in total. The van der Waals surface area contributed by atoms with Crippen LogP contribution in [-0.4, -0.2) is 58.9 Å². The van der Waals surface area contributed by atoms with Gasteiger partial charge in [-0.05, 0) is 30.7 Å². The van der Waals surface area contributed by atoms with E-state index in [1.54, 1.807) is 17.8 Å². The zero-order valence-electron chi connectivity index (χ0n) is 16.8. The second-order valence-corrected chi connectivity index (χ2v) is 7.31. The zero-order valence-corrected chi connectivity index (χ0v) is 16.8. The van der Waals surface area contributed by atoms with Crippen molar-refractivity contribution in [2.75, 3.05) is 0 Å². The van der Waals surface area contributed by atoms with Crippen LogP contribution in [0.4, 0.5) is 0 Å². The number of carbonyl (C=O) groups excluding carboxylic acids is 2. The summed E-state index contributed by atoms with van der Waals surface area (Å²) < 4.78 is 1.71. The number of carbonyl (C=O) groups is 2. The maximum Gasteiger partial charge on any atom is 0.255 e. The number of aliphatic hydroxyl groups excluding tert-OH is 2. The highest BCUT2D eigenvalue weighted by atomic mass is 16.3. The van der Waals surface area contributed by atoms with Crippen LogP contribution >= 0.6 is 0 Å². The van der Waals surface area contributed by atoms with Crippen molar-refractivity contribution in [3.8, 4) is 5.69 Å². The molecule has 0 saturated carbocycles. The van der Waals surface area contributed by atoms with E-state index in [0.29, 0.717) is 11.4 Å². The van der Waals surface area contributed by atoms with Crippen LogP contribution in [-0.2, 0) is 22.7 Å². The van der Waals surface area contributed by atoms with Crippen molar-refractivity contribution in [1.82, 2.24) is 30.0 Å². The summed E-state index contributed by atoms with van der Waals surface area (Å²) in [5.41, 5.74) is 2.93. The molecule has 1 aliphatic heterocycles. The van der Waals surface area contributed by atoms with Crippen molar-refractivity contribution in [1.29, 1.82) is 0 Å². The second kappa shape index (κ2) is 8.62. The fourth-order valence-electron chi connectivity index (χ4n) is 3.42. The van der Waals surface area contributed by atoms with Crippen molar-refractivity contribution in [2.45, 2.75) is 38.3 Å². The third-order valence-corrected chi connectivity index (χ3v) is 5.19. The van der Waals surface area contributed by atoms with Gasteiger partial charge in [0.25, 0.3) is 11.8 Å². The standard InChI is InChI=1S/C21H22N6O4/c1-13(14-3-5-15(6-4-14)27-10-2-7-24-27)25-20(30)18(28)19(29)21(31)26-11-16-17(12-26)23-9-8-22-16/h2-10,13,18-19,28-29H,11-12H2,1H3,(H,25,30)/t13-,18-,19-/m1/s1. The maximum absolute atomic E-state index is 12.5. The number of hydrogen-bond acceptors (Lipinski definition) is 7. The number of hydrogen-bond donors (Lipinski definition) is 3. The Balaban J connectivity index is 1.35. The Morgan fingerprint density at radius 3 is 2.23 bits per heavy atom. The molecule has 0 aliphatic carbocycles. The maximum atomic E-state index is 12.5. The minimum atomic E-state index is -1.90. The number of nitrogens with one attached hydrogen (secondary N) is 1. The minimum Gasteiger partial charge on any atom is -0.380 e. The number of benzene rings is 1. The van der Waals surface area contributed by atoms with Gasteiger partial charge in [0, 0.05) is 24.8 Å². The quantitative estimate of drug-likeness (QED) is 0.513. The highest BCUT2D eigenvalue weighted by Gasteiger charge is 2.36. The summed E-state index contributed by atoms with van der Waals surface area (Å²) in [7, 11) is 0. The summed E-state index contributed by atoms with van der Waals surface area (Å²) in [5.74, 6) is -1.59. The van der Waals surface area contributed by atoms with E-state index in [-0.39, 0.29) is 13.1 Å². The van der Waals surface area contributed by atoms with Gasteiger partial charge in [-0.3, -0.25) is 19.6 Å². The van der Waals surface area contributed by atoms with Gasteiger partial charge in [0.1, 0.15) is 0 Å².